The minimum atomic E-state index is -0.844. The number of fused-ring (bicyclic) bond motifs is 1. The van der Waals surface area contributed by atoms with E-state index in [1.165, 1.54) is 0 Å². The second-order valence-electron chi connectivity index (χ2n) is 8.76. The normalized spacial score (nSPS) is 18.6. The van der Waals surface area contributed by atoms with E-state index in [1.54, 1.807) is 12.4 Å². The summed E-state index contributed by atoms with van der Waals surface area (Å²) in [4.78, 5) is 30.3. The molecule has 2 aliphatic heterocycles. The molecular weight excluding hydrogens is 392 g/mol. The Morgan fingerprint density at radius 2 is 1.90 bits per heavy atom. The Morgan fingerprint density at radius 1 is 1.13 bits per heavy atom. The second kappa shape index (κ2) is 7.92. The summed E-state index contributed by atoms with van der Waals surface area (Å²) >= 11 is 0. The highest BCUT2D eigenvalue weighted by Gasteiger charge is 2.35. The average molecular weight is 421 g/mol. The van der Waals surface area contributed by atoms with Gasteiger partial charge in [0.2, 0.25) is 5.95 Å². The third kappa shape index (κ3) is 3.87. The third-order valence-electron chi connectivity index (χ3n) is 6.61. The summed E-state index contributed by atoms with van der Waals surface area (Å²) in [6.45, 7) is 5.35. The summed E-state index contributed by atoms with van der Waals surface area (Å²) in [6, 6.07) is 4.00. The first kappa shape index (κ1) is 19.9. The fourth-order valence-corrected chi connectivity index (χ4v) is 4.67. The van der Waals surface area contributed by atoms with Gasteiger partial charge in [-0.05, 0) is 44.7 Å². The SMILES string of the molecule is Cc1nc(N2CCCC2)ncc1C(=O)N1CCC(O)(Cn2ccc3ccncc32)CC1. The molecule has 0 radical (unpaired) electrons. The highest BCUT2D eigenvalue weighted by molar-refractivity contribution is 5.95. The summed E-state index contributed by atoms with van der Waals surface area (Å²) in [5, 5.41) is 12.3. The van der Waals surface area contributed by atoms with Crippen LogP contribution in [0.25, 0.3) is 10.9 Å². The molecule has 3 aromatic rings. The lowest BCUT2D eigenvalue weighted by atomic mass is 9.91. The van der Waals surface area contributed by atoms with Crippen molar-refractivity contribution in [3.8, 4) is 0 Å². The van der Waals surface area contributed by atoms with Crippen LogP contribution < -0.4 is 4.90 Å². The lowest BCUT2D eigenvalue weighted by molar-refractivity contribution is -0.0284. The molecule has 0 atom stereocenters. The van der Waals surface area contributed by atoms with Gasteiger partial charge >= 0.3 is 0 Å². The maximum Gasteiger partial charge on any atom is 0.257 e. The van der Waals surface area contributed by atoms with Crippen molar-refractivity contribution in [1.82, 2.24) is 24.4 Å². The maximum absolute atomic E-state index is 13.1. The third-order valence-corrected chi connectivity index (χ3v) is 6.61. The molecule has 0 bridgehead atoms. The van der Waals surface area contributed by atoms with E-state index >= 15 is 0 Å². The highest BCUT2D eigenvalue weighted by atomic mass is 16.3. The van der Waals surface area contributed by atoms with E-state index in [0.717, 1.165) is 36.8 Å². The van der Waals surface area contributed by atoms with E-state index in [0.29, 0.717) is 49.7 Å². The Kier molecular flexibility index (Phi) is 5.09. The Morgan fingerprint density at radius 3 is 2.65 bits per heavy atom. The van der Waals surface area contributed by atoms with Crippen LogP contribution >= 0.6 is 0 Å². The van der Waals surface area contributed by atoms with Gasteiger partial charge in [0.15, 0.2) is 0 Å². The summed E-state index contributed by atoms with van der Waals surface area (Å²) in [6.07, 6.45) is 10.6. The van der Waals surface area contributed by atoms with Crippen LogP contribution in [-0.4, -0.2) is 67.2 Å². The minimum absolute atomic E-state index is 0.0527. The van der Waals surface area contributed by atoms with Crippen molar-refractivity contribution in [2.75, 3.05) is 31.1 Å². The van der Waals surface area contributed by atoms with Gasteiger partial charge in [-0.1, -0.05) is 0 Å². The largest absolute Gasteiger partial charge is 0.388 e. The topological polar surface area (TPSA) is 87.4 Å². The minimum Gasteiger partial charge on any atom is -0.388 e. The second-order valence-corrected chi connectivity index (χ2v) is 8.76. The van der Waals surface area contributed by atoms with Crippen molar-refractivity contribution in [3.05, 3.63) is 48.2 Å². The van der Waals surface area contributed by atoms with E-state index in [2.05, 4.69) is 24.4 Å². The molecule has 5 heterocycles. The number of anilines is 1. The average Bonchev–Trinajstić information content (AvgIpc) is 3.45. The Labute approximate surface area is 181 Å². The fraction of sp³-hybridized carbons (Fsp3) is 0.478. The van der Waals surface area contributed by atoms with Crippen molar-refractivity contribution in [2.45, 2.75) is 44.8 Å². The lowest BCUT2D eigenvalue weighted by Crippen LogP contribution is -2.48. The summed E-state index contributed by atoms with van der Waals surface area (Å²) in [7, 11) is 0. The zero-order valence-corrected chi connectivity index (χ0v) is 17.9. The molecule has 2 aliphatic rings. The molecule has 3 aromatic heterocycles. The molecule has 0 aliphatic carbocycles. The van der Waals surface area contributed by atoms with Crippen molar-refractivity contribution < 1.29 is 9.90 Å². The first-order valence-electron chi connectivity index (χ1n) is 11.0. The summed E-state index contributed by atoms with van der Waals surface area (Å²) < 4.78 is 2.05. The number of aromatic nitrogens is 4. The summed E-state index contributed by atoms with van der Waals surface area (Å²) in [5.41, 5.74) is 1.44. The van der Waals surface area contributed by atoms with E-state index in [4.69, 9.17) is 0 Å². The van der Waals surface area contributed by atoms with E-state index < -0.39 is 5.60 Å². The van der Waals surface area contributed by atoms with Crippen molar-refractivity contribution in [1.29, 1.82) is 0 Å². The van der Waals surface area contributed by atoms with Gasteiger partial charge in [-0.2, -0.15) is 0 Å². The van der Waals surface area contributed by atoms with Gasteiger partial charge in [0, 0.05) is 50.2 Å². The molecule has 2 saturated heterocycles. The van der Waals surface area contributed by atoms with Gasteiger partial charge in [0.1, 0.15) is 0 Å². The number of carbonyl (C=O) groups is 1. The van der Waals surface area contributed by atoms with Gasteiger partial charge in [-0.3, -0.25) is 9.78 Å². The standard InChI is InChI=1S/C23H28N6O2/c1-17-19(14-25-22(26-17)28-9-2-3-10-28)21(30)27-12-6-23(31,7-13-27)16-29-11-5-18-4-8-24-15-20(18)29/h4-5,8,11,14-15,31H,2-3,6-7,9-10,12-13,16H2,1H3. The van der Waals surface area contributed by atoms with Crippen molar-refractivity contribution in [3.63, 3.8) is 0 Å². The molecule has 0 unspecified atom stereocenters. The molecule has 162 valence electrons. The Balaban J connectivity index is 1.25. The first-order chi connectivity index (χ1) is 15.0. The number of likely N-dealkylation sites (tertiary alicyclic amines) is 1. The number of hydrogen-bond donors (Lipinski definition) is 1. The van der Waals surface area contributed by atoms with Crippen molar-refractivity contribution in [2.24, 2.45) is 0 Å². The molecule has 1 amide bonds. The smallest absolute Gasteiger partial charge is 0.257 e. The molecule has 0 saturated carbocycles. The molecule has 8 heteroatoms. The quantitative estimate of drug-likeness (QED) is 0.697. The number of nitrogens with zero attached hydrogens (tertiary/aromatic N) is 6. The number of aliphatic hydroxyl groups is 1. The zero-order valence-electron chi connectivity index (χ0n) is 17.9. The molecule has 5 rings (SSSR count). The molecule has 0 aromatic carbocycles. The van der Waals surface area contributed by atoms with Crippen LogP contribution in [0.15, 0.2) is 36.9 Å². The number of pyridine rings is 1. The number of amides is 1. The Hall–Kier alpha value is -3.00. The van der Waals surface area contributed by atoms with Crippen molar-refractivity contribution >= 4 is 22.8 Å². The van der Waals surface area contributed by atoms with Gasteiger partial charge in [0.25, 0.3) is 5.91 Å². The van der Waals surface area contributed by atoms with E-state index in [1.807, 2.05) is 36.4 Å². The first-order valence-corrected chi connectivity index (χ1v) is 11.0. The van der Waals surface area contributed by atoms with Crippen LogP contribution in [0.1, 0.15) is 41.7 Å². The van der Waals surface area contributed by atoms with Crippen LogP contribution in [0, 0.1) is 6.92 Å². The number of aryl methyl sites for hydroxylation is 1. The predicted octanol–water partition coefficient (Wildman–Crippen LogP) is 2.40. The molecular formula is C23H28N6O2. The number of piperidine rings is 1. The molecule has 8 nitrogen and oxygen atoms in total. The maximum atomic E-state index is 13.1. The van der Waals surface area contributed by atoms with Crippen LogP contribution in [-0.2, 0) is 6.54 Å². The van der Waals surface area contributed by atoms with Gasteiger partial charge in [-0.25, -0.2) is 9.97 Å². The molecule has 31 heavy (non-hydrogen) atoms. The van der Waals surface area contributed by atoms with Crippen LogP contribution in [0.5, 0.6) is 0 Å². The van der Waals surface area contributed by atoms with E-state index in [9.17, 15) is 9.90 Å². The lowest BCUT2D eigenvalue weighted by Gasteiger charge is -2.38. The fourth-order valence-electron chi connectivity index (χ4n) is 4.67. The van der Waals surface area contributed by atoms with Gasteiger partial charge in [0.05, 0.1) is 35.1 Å². The summed E-state index contributed by atoms with van der Waals surface area (Å²) in [5.74, 6) is 0.663. The van der Waals surface area contributed by atoms with Crippen LogP contribution in [0.2, 0.25) is 0 Å². The highest BCUT2D eigenvalue weighted by Crippen LogP contribution is 2.28. The molecule has 2 fully saturated rings. The number of hydrogen-bond acceptors (Lipinski definition) is 6. The molecule has 1 N–H and O–H groups in total. The molecule has 0 spiro atoms. The monoisotopic (exact) mass is 420 g/mol. The van der Waals surface area contributed by atoms with Crippen LogP contribution in [0.3, 0.4) is 0 Å². The van der Waals surface area contributed by atoms with Crippen LogP contribution in [0.4, 0.5) is 5.95 Å². The van der Waals surface area contributed by atoms with E-state index in [-0.39, 0.29) is 5.91 Å². The van der Waals surface area contributed by atoms with Gasteiger partial charge in [-0.15, -0.1) is 0 Å². The zero-order chi connectivity index (χ0) is 21.4. The number of carbonyl (C=O) groups excluding carboxylic acids is 1. The number of rotatable bonds is 4. The predicted molar refractivity (Wildman–Crippen MR) is 118 cm³/mol. The Bertz CT molecular complexity index is 1100. The van der Waals surface area contributed by atoms with Gasteiger partial charge < -0.3 is 19.5 Å².